The van der Waals surface area contributed by atoms with E-state index in [9.17, 15) is 4.79 Å². The van der Waals surface area contributed by atoms with Gasteiger partial charge in [-0.15, -0.1) is 5.10 Å². The number of methoxy groups -OCH3 is 3. The van der Waals surface area contributed by atoms with Crippen LogP contribution in [-0.4, -0.2) is 37.0 Å². The molecule has 0 amide bonds. The van der Waals surface area contributed by atoms with Crippen molar-refractivity contribution in [1.82, 2.24) is 9.78 Å². The summed E-state index contributed by atoms with van der Waals surface area (Å²) < 4.78 is 17.4. The number of benzene rings is 3. The number of carbonyl (C=O) groups is 1. The third-order valence-corrected chi connectivity index (χ3v) is 4.98. The number of nitrogens with zero attached hydrogens (tertiary/aromatic N) is 2. The third kappa shape index (κ3) is 4.74. The van der Waals surface area contributed by atoms with Crippen molar-refractivity contribution in [2.45, 2.75) is 0 Å². The number of aromatic nitrogens is 2. The van der Waals surface area contributed by atoms with Crippen molar-refractivity contribution >= 4 is 28.9 Å². The highest BCUT2D eigenvalue weighted by Gasteiger charge is 2.18. The Labute approximate surface area is 191 Å². The average molecular weight is 444 g/mol. The summed E-state index contributed by atoms with van der Waals surface area (Å²) in [6.07, 6.45) is 0. The monoisotopic (exact) mass is 444 g/mol. The van der Waals surface area contributed by atoms with Gasteiger partial charge in [0.15, 0.2) is 5.82 Å². The molecule has 0 radical (unpaired) electrons. The molecule has 0 atom stereocenters. The van der Waals surface area contributed by atoms with Crippen molar-refractivity contribution in [3.63, 3.8) is 0 Å². The Kier molecular flexibility index (Phi) is 6.45. The molecule has 1 heterocycles. The Morgan fingerprint density at radius 1 is 0.758 bits per heavy atom. The van der Waals surface area contributed by atoms with Gasteiger partial charge in [0, 0.05) is 11.6 Å². The Morgan fingerprint density at radius 3 is 1.91 bits per heavy atom. The van der Waals surface area contributed by atoms with Crippen LogP contribution in [0.15, 0.2) is 78.9 Å². The summed E-state index contributed by atoms with van der Waals surface area (Å²) in [4.78, 5) is 13.3. The lowest BCUT2D eigenvalue weighted by atomic mass is 10.2. The van der Waals surface area contributed by atoms with Crippen LogP contribution >= 0.6 is 0 Å². The summed E-state index contributed by atoms with van der Waals surface area (Å²) >= 11 is 0. The largest absolute Gasteiger partial charge is 0.497 e. The van der Waals surface area contributed by atoms with E-state index in [1.54, 1.807) is 51.7 Å². The zero-order valence-corrected chi connectivity index (χ0v) is 18.5. The van der Waals surface area contributed by atoms with Crippen molar-refractivity contribution in [2.75, 3.05) is 32.0 Å². The molecule has 8 nitrogen and oxygen atoms in total. The average Bonchev–Trinajstić information content (AvgIpc) is 3.26. The van der Waals surface area contributed by atoms with Gasteiger partial charge in [-0.25, -0.2) is 0 Å². The van der Waals surface area contributed by atoms with E-state index in [-0.39, 0.29) is 5.91 Å². The number of ether oxygens (including phenoxy) is 3. The van der Waals surface area contributed by atoms with E-state index in [2.05, 4.69) is 15.7 Å². The molecule has 168 valence electrons. The van der Waals surface area contributed by atoms with Gasteiger partial charge < -0.3 is 24.8 Å². The number of rotatable bonds is 8. The highest BCUT2D eigenvalue weighted by Crippen LogP contribution is 2.31. The maximum absolute atomic E-state index is 13.3. The first kappa shape index (κ1) is 21.8. The van der Waals surface area contributed by atoms with Gasteiger partial charge in [-0.3, -0.25) is 4.79 Å². The van der Waals surface area contributed by atoms with E-state index in [4.69, 9.17) is 14.2 Å². The quantitative estimate of drug-likeness (QED) is 0.392. The molecule has 0 spiro atoms. The summed E-state index contributed by atoms with van der Waals surface area (Å²) in [5.41, 5.74) is 1.89. The molecule has 0 aliphatic rings. The van der Waals surface area contributed by atoms with Crippen LogP contribution < -0.4 is 24.8 Å². The molecule has 4 rings (SSSR count). The van der Waals surface area contributed by atoms with Crippen LogP contribution in [0.2, 0.25) is 0 Å². The van der Waals surface area contributed by atoms with E-state index >= 15 is 0 Å². The topological polar surface area (TPSA) is 86.6 Å². The smallest absolute Gasteiger partial charge is 0.280 e. The van der Waals surface area contributed by atoms with Crippen LogP contribution in [0, 0.1) is 0 Å². The summed E-state index contributed by atoms with van der Waals surface area (Å²) in [6.45, 7) is 0. The molecule has 0 bridgehead atoms. The fraction of sp³-hybridized carbons (Fsp3) is 0.120. The molecule has 0 fully saturated rings. The molecular formula is C25H24N4O4. The lowest BCUT2D eigenvalue weighted by Gasteiger charge is -2.12. The fourth-order valence-electron chi connectivity index (χ4n) is 3.31. The molecule has 0 saturated carbocycles. The van der Waals surface area contributed by atoms with Gasteiger partial charge >= 0.3 is 0 Å². The zero-order chi connectivity index (χ0) is 23.2. The predicted octanol–water partition coefficient (Wildman–Crippen LogP) is 5.08. The predicted molar refractivity (Wildman–Crippen MR) is 128 cm³/mol. The van der Waals surface area contributed by atoms with Crippen molar-refractivity contribution in [3.05, 3.63) is 84.4 Å². The molecule has 2 N–H and O–H groups in total. The number of carbonyl (C=O) groups excluding carboxylic acids is 1. The van der Waals surface area contributed by atoms with Gasteiger partial charge in [0.25, 0.3) is 5.91 Å². The second-order valence-electron chi connectivity index (χ2n) is 7.01. The zero-order valence-electron chi connectivity index (χ0n) is 18.5. The van der Waals surface area contributed by atoms with Crippen LogP contribution in [0.5, 0.6) is 17.2 Å². The minimum atomic E-state index is -0.303. The fourth-order valence-corrected chi connectivity index (χ4v) is 3.31. The molecule has 0 unspecified atom stereocenters. The summed E-state index contributed by atoms with van der Waals surface area (Å²) in [5.74, 6) is 2.60. The highest BCUT2D eigenvalue weighted by atomic mass is 16.5. The van der Waals surface area contributed by atoms with E-state index in [1.807, 2.05) is 48.5 Å². The Hall–Kier alpha value is -4.46. The molecule has 1 aromatic heterocycles. The van der Waals surface area contributed by atoms with Crippen LogP contribution in [0.4, 0.5) is 23.0 Å². The standard InChI is InChI=1S/C25H24N4O4/c1-31-18-14-12-17(13-15-18)25(30)29-24(27-20-9-5-7-11-22(20)33-3)16-23(28-29)26-19-8-4-6-10-21(19)32-2/h4-16,27H,1-3H3,(H,26,28). The van der Waals surface area contributed by atoms with Crippen LogP contribution in [-0.2, 0) is 0 Å². The summed E-state index contributed by atoms with van der Waals surface area (Å²) in [5, 5.41) is 11.0. The first-order chi connectivity index (χ1) is 16.1. The summed E-state index contributed by atoms with van der Waals surface area (Å²) in [7, 11) is 4.77. The lowest BCUT2D eigenvalue weighted by molar-refractivity contribution is 0.0948. The first-order valence-electron chi connectivity index (χ1n) is 10.2. The molecular weight excluding hydrogens is 420 g/mol. The van der Waals surface area contributed by atoms with E-state index in [1.165, 1.54) is 4.68 Å². The van der Waals surface area contributed by atoms with Gasteiger partial charge in [-0.2, -0.15) is 4.68 Å². The molecule has 0 saturated heterocycles. The molecule has 4 aromatic rings. The number of anilines is 4. The van der Waals surface area contributed by atoms with E-state index in [0.29, 0.717) is 40.1 Å². The van der Waals surface area contributed by atoms with Gasteiger partial charge in [-0.1, -0.05) is 24.3 Å². The molecule has 3 aromatic carbocycles. The third-order valence-electron chi connectivity index (χ3n) is 4.98. The van der Waals surface area contributed by atoms with Crippen LogP contribution in [0.1, 0.15) is 10.4 Å². The molecule has 33 heavy (non-hydrogen) atoms. The van der Waals surface area contributed by atoms with E-state index in [0.717, 1.165) is 5.69 Å². The molecule has 8 heteroatoms. The number of nitrogens with one attached hydrogen (secondary N) is 2. The van der Waals surface area contributed by atoms with Gasteiger partial charge in [0.1, 0.15) is 23.1 Å². The Bertz CT molecular complexity index is 1250. The van der Waals surface area contributed by atoms with Crippen molar-refractivity contribution in [2.24, 2.45) is 0 Å². The maximum atomic E-state index is 13.3. The van der Waals surface area contributed by atoms with Crippen LogP contribution in [0.3, 0.4) is 0 Å². The summed E-state index contributed by atoms with van der Waals surface area (Å²) in [6, 6.07) is 23.5. The number of para-hydroxylation sites is 4. The van der Waals surface area contributed by atoms with Crippen molar-refractivity contribution in [1.29, 1.82) is 0 Å². The van der Waals surface area contributed by atoms with Gasteiger partial charge in [-0.05, 0) is 48.5 Å². The van der Waals surface area contributed by atoms with E-state index < -0.39 is 0 Å². The van der Waals surface area contributed by atoms with Gasteiger partial charge in [0.2, 0.25) is 0 Å². The van der Waals surface area contributed by atoms with Crippen LogP contribution in [0.25, 0.3) is 0 Å². The minimum absolute atomic E-state index is 0.303. The second kappa shape index (κ2) is 9.78. The van der Waals surface area contributed by atoms with Gasteiger partial charge in [0.05, 0.1) is 32.7 Å². The lowest BCUT2D eigenvalue weighted by Crippen LogP contribution is -2.16. The first-order valence-corrected chi connectivity index (χ1v) is 10.2. The molecule has 0 aliphatic carbocycles. The highest BCUT2D eigenvalue weighted by molar-refractivity contribution is 5.98. The van der Waals surface area contributed by atoms with Crippen molar-refractivity contribution < 1.29 is 19.0 Å². The molecule has 0 aliphatic heterocycles. The Balaban J connectivity index is 1.73. The number of hydrogen-bond acceptors (Lipinski definition) is 7. The second-order valence-corrected chi connectivity index (χ2v) is 7.01. The van der Waals surface area contributed by atoms with Crippen molar-refractivity contribution in [3.8, 4) is 17.2 Å². The number of hydrogen-bond donors (Lipinski definition) is 2. The maximum Gasteiger partial charge on any atom is 0.280 e. The minimum Gasteiger partial charge on any atom is -0.497 e. The SMILES string of the molecule is COc1ccc(C(=O)n2nc(Nc3ccccc3OC)cc2Nc2ccccc2OC)cc1. The Morgan fingerprint density at radius 2 is 1.33 bits per heavy atom. The normalized spacial score (nSPS) is 10.4.